The Labute approximate surface area is 225 Å². The summed E-state index contributed by atoms with van der Waals surface area (Å²) in [5.74, 6) is -0.955. The van der Waals surface area contributed by atoms with Gasteiger partial charge in [0.15, 0.2) is 5.78 Å². The van der Waals surface area contributed by atoms with Gasteiger partial charge in [-0.05, 0) is 71.0 Å². The number of rotatable bonds is 8. The maximum absolute atomic E-state index is 13.0. The Hall–Kier alpha value is -3.70. The highest BCUT2D eigenvalue weighted by Gasteiger charge is 2.39. The van der Waals surface area contributed by atoms with Gasteiger partial charge in [0, 0.05) is 11.3 Å². The number of hydrogen-bond donors (Lipinski definition) is 3. The SMILES string of the molecule is Cc1ccc(C(=O)CNc2cc(C(O)C=Cc3ccc(C(=O)O)cc3)cc3c2C(C)(C)CCC3(C)C)cc1. The van der Waals surface area contributed by atoms with Gasteiger partial charge in [0.1, 0.15) is 0 Å². The molecule has 0 bridgehead atoms. The van der Waals surface area contributed by atoms with Crippen molar-refractivity contribution in [3.63, 3.8) is 0 Å². The standard InChI is InChI=1S/C33H37NO4/c1-21-6-11-23(12-7-21)29(36)20-34-27-19-25(18-26-30(27)33(4,5)17-16-32(26,2)3)28(35)15-10-22-8-13-24(14-9-22)31(37)38/h6-15,18-19,28,34-35H,16-17,20H2,1-5H3,(H,37,38). The van der Waals surface area contributed by atoms with E-state index in [4.69, 9.17) is 5.11 Å². The van der Waals surface area contributed by atoms with Gasteiger partial charge in [-0.25, -0.2) is 4.79 Å². The van der Waals surface area contributed by atoms with Crippen LogP contribution in [-0.4, -0.2) is 28.5 Å². The average molecular weight is 512 g/mol. The summed E-state index contributed by atoms with van der Waals surface area (Å²) < 4.78 is 0. The number of carbonyl (C=O) groups is 2. The quantitative estimate of drug-likeness (QED) is 0.281. The molecule has 0 amide bonds. The first kappa shape index (κ1) is 27.3. The molecule has 0 radical (unpaired) electrons. The van der Waals surface area contributed by atoms with Crippen LogP contribution in [0.5, 0.6) is 0 Å². The highest BCUT2D eigenvalue weighted by atomic mass is 16.4. The molecule has 0 saturated heterocycles. The Morgan fingerprint density at radius 2 is 1.53 bits per heavy atom. The first-order valence-electron chi connectivity index (χ1n) is 13.1. The van der Waals surface area contributed by atoms with E-state index < -0.39 is 12.1 Å². The smallest absolute Gasteiger partial charge is 0.335 e. The Balaban J connectivity index is 1.67. The van der Waals surface area contributed by atoms with Gasteiger partial charge in [-0.15, -0.1) is 0 Å². The Morgan fingerprint density at radius 3 is 2.16 bits per heavy atom. The number of carboxylic acids is 1. The van der Waals surface area contributed by atoms with E-state index in [-0.39, 0.29) is 28.7 Å². The van der Waals surface area contributed by atoms with Crippen LogP contribution >= 0.6 is 0 Å². The zero-order valence-corrected chi connectivity index (χ0v) is 22.8. The van der Waals surface area contributed by atoms with Crippen molar-refractivity contribution in [2.24, 2.45) is 0 Å². The molecular formula is C33H37NO4. The minimum absolute atomic E-state index is 0.0160. The number of Topliss-reactive ketones (excluding diaryl/α,β-unsaturated/α-hetero) is 1. The number of aromatic carboxylic acids is 1. The summed E-state index contributed by atoms with van der Waals surface area (Å²) in [6, 6.07) is 18.2. The number of ketones is 1. The summed E-state index contributed by atoms with van der Waals surface area (Å²) in [4.78, 5) is 24.1. The zero-order valence-electron chi connectivity index (χ0n) is 22.8. The maximum Gasteiger partial charge on any atom is 0.335 e. The van der Waals surface area contributed by atoms with Crippen LogP contribution in [0.15, 0.2) is 66.7 Å². The number of carbonyl (C=O) groups excluding carboxylic acids is 1. The zero-order chi connectivity index (χ0) is 27.7. The van der Waals surface area contributed by atoms with Crippen LogP contribution in [0.25, 0.3) is 6.08 Å². The summed E-state index contributed by atoms with van der Waals surface area (Å²) in [7, 11) is 0. The molecule has 38 heavy (non-hydrogen) atoms. The van der Waals surface area contributed by atoms with Crippen LogP contribution in [0, 0.1) is 6.92 Å². The Morgan fingerprint density at radius 1 is 0.921 bits per heavy atom. The topological polar surface area (TPSA) is 86.6 Å². The molecule has 1 atom stereocenters. The van der Waals surface area contributed by atoms with Crippen LogP contribution < -0.4 is 5.32 Å². The third-order valence-corrected chi connectivity index (χ3v) is 7.72. The largest absolute Gasteiger partial charge is 0.478 e. The minimum Gasteiger partial charge on any atom is -0.478 e. The number of carboxylic acid groups (broad SMARTS) is 1. The van der Waals surface area contributed by atoms with Crippen molar-refractivity contribution in [1.29, 1.82) is 0 Å². The van der Waals surface area contributed by atoms with Crippen molar-refractivity contribution in [3.05, 3.63) is 106 Å². The van der Waals surface area contributed by atoms with E-state index >= 15 is 0 Å². The van der Waals surface area contributed by atoms with Crippen molar-refractivity contribution >= 4 is 23.5 Å². The molecule has 0 aromatic heterocycles. The lowest BCUT2D eigenvalue weighted by Crippen LogP contribution is -2.35. The second kappa shape index (κ2) is 10.6. The molecule has 1 aliphatic rings. The monoisotopic (exact) mass is 511 g/mol. The van der Waals surface area contributed by atoms with E-state index in [2.05, 4.69) is 39.1 Å². The molecule has 1 aliphatic carbocycles. The molecule has 1 unspecified atom stereocenters. The number of aliphatic hydroxyl groups is 1. The minimum atomic E-state index is -0.971. The highest BCUT2D eigenvalue weighted by Crippen LogP contribution is 2.49. The van der Waals surface area contributed by atoms with Gasteiger partial charge >= 0.3 is 5.97 Å². The summed E-state index contributed by atoms with van der Waals surface area (Å²) in [5, 5.41) is 23.7. The Kier molecular flexibility index (Phi) is 7.61. The molecule has 5 nitrogen and oxygen atoms in total. The molecule has 4 rings (SSSR count). The van der Waals surface area contributed by atoms with Gasteiger partial charge in [-0.2, -0.15) is 0 Å². The van der Waals surface area contributed by atoms with E-state index in [1.54, 1.807) is 36.4 Å². The van der Waals surface area contributed by atoms with Crippen LogP contribution in [0.1, 0.15) is 95.2 Å². The molecule has 3 aromatic rings. The van der Waals surface area contributed by atoms with Gasteiger partial charge < -0.3 is 15.5 Å². The van der Waals surface area contributed by atoms with E-state index in [1.807, 2.05) is 37.3 Å². The molecule has 198 valence electrons. The molecule has 5 heteroatoms. The molecule has 0 spiro atoms. The normalized spacial score (nSPS) is 16.6. The molecule has 0 aliphatic heterocycles. The van der Waals surface area contributed by atoms with Gasteiger partial charge in [-0.1, -0.05) is 87.9 Å². The third kappa shape index (κ3) is 5.89. The molecule has 3 aromatic carbocycles. The van der Waals surface area contributed by atoms with Crippen molar-refractivity contribution in [1.82, 2.24) is 0 Å². The lowest BCUT2D eigenvalue weighted by atomic mass is 9.62. The summed E-state index contributed by atoms with van der Waals surface area (Å²) >= 11 is 0. The number of aryl methyl sites for hydroxylation is 1. The van der Waals surface area contributed by atoms with Gasteiger partial charge in [0.25, 0.3) is 0 Å². The fourth-order valence-corrected chi connectivity index (χ4v) is 5.19. The van der Waals surface area contributed by atoms with Crippen LogP contribution in [0.3, 0.4) is 0 Å². The highest BCUT2D eigenvalue weighted by molar-refractivity contribution is 5.99. The number of hydrogen-bond acceptors (Lipinski definition) is 4. The molecule has 3 N–H and O–H groups in total. The predicted octanol–water partition coefficient (Wildman–Crippen LogP) is 7.08. The molecule has 0 heterocycles. The van der Waals surface area contributed by atoms with E-state index in [9.17, 15) is 14.7 Å². The van der Waals surface area contributed by atoms with Crippen LogP contribution in [0.4, 0.5) is 5.69 Å². The van der Waals surface area contributed by atoms with Crippen molar-refractivity contribution < 1.29 is 19.8 Å². The van der Waals surface area contributed by atoms with Gasteiger partial charge in [0.2, 0.25) is 0 Å². The number of anilines is 1. The Bertz CT molecular complexity index is 1370. The first-order valence-corrected chi connectivity index (χ1v) is 13.1. The lowest BCUT2D eigenvalue weighted by Gasteiger charge is -2.43. The van der Waals surface area contributed by atoms with Gasteiger partial charge in [0.05, 0.1) is 18.2 Å². The lowest BCUT2D eigenvalue weighted by molar-refractivity contribution is 0.0696. The maximum atomic E-state index is 13.0. The van der Waals surface area contributed by atoms with Crippen LogP contribution in [0.2, 0.25) is 0 Å². The number of benzene rings is 3. The third-order valence-electron chi connectivity index (χ3n) is 7.72. The van der Waals surface area contributed by atoms with Crippen molar-refractivity contribution in [2.75, 3.05) is 11.9 Å². The van der Waals surface area contributed by atoms with E-state index in [0.717, 1.165) is 35.2 Å². The van der Waals surface area contributed by atoms with Crippen molar-refractivity contribution in [2.45, 2.75) is 64.4 Å². The fourth-order valence-electron chi connectivity index (χ4n) is 5.19. The first-order chi connectivity index (χ1) is 17.9. The van der Waals surface area contributed by atoms with E-state index in [1.165, 1.54) is 11.1 Å². The molecule has 0 saturated carbocycles. The van der Waals surface area contributed by atoms with Crippen molar-refractivity contribution in [3.8, 4) is 0 Å². The summed E-state index contributed by atoms with van der Waals surface area (Å²) in [5.41, 5.74) is 6.68. The average Bonchev–Trinajstić information content (AvgIpc) is 2.88. The van der Waals surface area contributed by atoms with Crippen LogP contribution in [-0.2, 0) is 10.8 Å². The summed E-state index contributed by atoms with van der Waals surface area (Å²) in [6.07, 6.45) is 4.69. The summed E-state index contributed by atoms with van der Waals surface area (Å²) in [6.45, 7) is 11.1. The second-order valence-electron chi connectivity index (χ2n) is 11.6. The number of aliphatic hydroxyl groups excluding tert-OH is 1. The predicted molar refractivity (Wildman–Crippen MR) is 153 cm³/mol. The molecule has 0 fully saturated rings. The number of fused-ring (bicyclic) bond motifs is 1. The second-order valence-corrected chi connectivity index (χ2v) is 11.6. The van der Waals surface area contributed by atoms with Gasteiger partial charge in [-0.3, -0.25) is 4.79 Å². The fraction of sp³-hybridized carbons (Fsp3) is 0.333. The number of nitrogens with one attached hydrogen (secondary N) is 1. The van der Waals surface area contributed by atoms with E-state index in [0.29, 0.717) is 5.56 Å². The molecular weight excluding hydrogens is 474 g/mol.